The van der Waals surface area contributed by atoms with E-state index in [1.807, 2.05) is 12.3 Å². The van der Waals surface area contributed by atoms with Crippen molar-refractivity contribution < 1.29 is 0 Å². The second-order valence-electron chi connectivity index (χ2n) is 4.56. The Morgan fingerprint density at radius 1 is 1.35 bits per heavy atom. The lowest BCUT2D eigenvalue weighted by atomic mass is 9.94. The molecule has 0 aromatic carbocycles. The van der Waals surface area contributed by atoms with E-state index < -0.39 is 0 Å². The molecule has 0 atom stereocenters. The van der Waals surface area contributed by atoms with Gasteiger partial charge in [0.25, 0.3) is 0 Å². The Labute approximate surface area is 99.7 Å². The van der Waals surface area contributed by atoms with Crippen molar-refractivity contribution in [1.29, 1.82) is 0 Å². The Morgan fingerprint density at radius 3 is 2.76 bits per heavy atom. The highest BCUT2D eigenvalue weighted by Gasteiger charge is 2.43. The maximum atomic E-state index is 5.66. The summed E-state index contributed by atoms with van der Waals surface area (Å²) in [4.78, 5) is 8.34. The minimum absolute atomic E-state index is 0.308. The van der Waals surface area contributed by atoms with Gasteiger partial charge in [0.15, 0.2) is 5.82 Å². The van der Waals surface area contributed by atoms with Gasteiger partial charge in [0, 0.05) is 6.20 Å². The number of nitrogens with two attached hydrogens (primary N) is 1. The largest absolute Gasteiger partial charge is 0.330 e. The number of hydrogen-bond donors (Lipinski definition) is 1. The molecular weight excluding hydrogens is 214 g/mol. The van der Waals surface area contributed by atoms with E-state index in [9.17, 15) is 0 Å². The SMILES string of the molecule is NCCC1(c2ccc(-n3cncn3)nc2)CC1. The lowest BCUT2D eigenvalue weighted by molar-refractivity contribution is 0.625. The first-order valence-electron chi connectivity index (χ1n) is 5.86. The molecule has 88 valence electrons. The lowest BCUT2D eigenvalue weighted by Gasteiger charge is -2.14. The van der Waals surface area contributed by atoms with Crippen molar-refractivity contribution in [3.63, 3.8) is 0 Å². The van der Waals surface area contributed by atoms with Gasteiger partial charge in [0.2, 0.25) is 0 Å². The molecular formula is C12H15N5. The van der Waals surface area contributed by atoms with Crippen LogP contribution in [0.2, 0.25) is 0 Å². The predicted octanol–water partition coefficient (Wildman–Crippen LogP) is 1.04. The fourth-order valence-electron chi connectivity index (χ4n) is 2.27. The molecule has 2 heterocycles. The van der Waals surface area contributed by atoms with Gasteiger partial charge in [-0.3, -0.25) is 0 Å². The zero-order valence-corrected chi connectivity index (χ0v) is 9.58. The van der Waals surface area contributed by atoms with Gasteiger partial charge >= 0.3 is 0 Å². The summed E-state index contributed by atoms with van der Waals surface area (Å²) in [6.07, 6.45) is 8.61. The highest BCUT2D eigenvalue weighted by molar-refractivity contribution is 5.33. The van der Waals surface area contributed by atoms with Crippen molar-refractivity contribution in [2.75, 3.05) is 6.54 Å². The first-order chi connectivity index (χ1) is 8.34. The van der Waals surface area contributed by atoms with Crippen LogP contribution in [0.1, 0.15) is 24.8 Å². The molecule has 1 saturated carbocycles. The lowest BCUT2D eigenvalue weighted by Crippen LogP contribution is -2.14. The number of nitrogens with zero attached hydrogens (tertiary/aromatic N) is 4. The molecule has 2 aromatic rings. The summed E-state index contributed by atoms with van der Waals surface area (Å²) in [5.41, 5.74) is 7.26. The summed E-state index contributed by atoms with van der Waals surface area (Å²) in [7, 11) is 0. The molecule has 2 aromatic heterocycles. The highest BCUT2D eigenvalue weighted by Crippen LogP contribution is 2.50. The third-order valence-corrected chi connectivity index (χ3v) is 3.49. The Balaban J connectivity index is 1.86. The maximum absolute atomic E-state index is 5.66. The Hall–Kier alpha value is -1.75. The van der Waals surface area contributed by atoms with Crippen molar-refractivity contribution >= 4 is 0 Å². The molecule has 1 fully saturated rings. The van der Waals surface area contributed by atoms with Gasteiger partial charge < -0.3 is 5.73 Å². The van der Waals surface area contributed by atoms with E-state index in [4.69, 9.17) is 5.73 Å². The highest BCUT2D eigenvalue weighted by atomic mass is 15.3. The third kappa shape index (κ3) is 1.82. The van der Waals surface area contributed by atoms with Crippen LogP contribution < -0.4 is 5.73 Å². The topological polar surface area (TPSA) is 69.6 Å². The van der Waals surface area contributed by atoms with Crippen molar-refractivity contribution in [2.45, 2.75) is 24.7 Å². The molecule has 0 aliphatic heterocycles. The zero-order chi connectivity index (χ0) is 11.7. The third-order valence-electron chi connectivity index (χ3n) is 3.49. The molecule has 0 saturated heterocycles. The number of rotatable bonds is 4. The molecule has 0 amide bonds. The van der Waals surface area contributed by atoms with Gasteiger partial charge in [-0.15, -0.1) is 0 Å². The van der Waals surface area contributed by atoms with Gasteiger partial charge in [-0.25, -0.2) is 14.6 Å². The molecule has 0 unspecified atom stereocenters. The van der Waals surface area contributed by atoms with Crippen molar-refractivity contribution in [3.8, 4) is 5.82 Å². The fourth-order valence-corrected chi connectivity index (χ4v) is 2.27. The van der Waals surface area contributed by atoms with Gasteiger partial charge in [-0.05, 0) is 42.9 Å². The predicted molar refractivity (Wildman–Crippen MR) is 63.7 cm³/mol. The molecule has 3 rings (SSSR count). The average molecular weight is 229 g/mol. The summed E-state index contributed by atoms with van der Waals surface area (Å²) in [5, 5.41) is 4.05. The van der Waals surface area contributed by atoms with E-state index in [1.165, 1.54) is 24.7 Å². The molecule has 0 bridgehead atoms. The van der Waals surface area contributed by atoms with Crippen LogP contribution in [0, 0.1) is 0 Å². The standard InChI is InChI=1S/C12H15N5/c13-6-5-12(3-4-12)10-1-2-11(15-7-10)17-9-14-8-16-17/h1-2,7-9H,3-6,13H2. The second-order valence-corrected chi connectivity index (χ2v) is 4.56. The van der Waals surface area contributed by atoms with Crippen LogP contribution >= 0.6 is 0 Å². The van der Waals surface area contributed by atoms with E-state index in [-0.39, 0.29) is 0 Å². The van der Waals surface area contributed by atoms with Crippen LogP contribution in [-0.4, -0.2) is 26.3 Å². The minimum Gasteiger partial charge on any atom is -0.330 e. The molecule has 1 aliphatic carbocycles. The van der Waals surface area contributed by atoms with Crippen molar-refractivity contribution in [3.05, 3.63) is 36.5 Å². The van der Waals surface area contributed by atoms with Crippen LogP contribution in [0.15, 0.2) is 31.0 Å². The van der Waals surface area contributed by atoms with E-state index in [1.54, 1.807) is 11.0 Å². The molecule has 0 spiro atoms. The summed E-state index contributed by atoms with van der Waals surface area (Å²) in [6.45, 7) is 0.741. The van der Waals surface area contributed by atoms with Crippen molar-refractivity contribution in [2.24, 2.45) is 5.73 Å². The molecule has 2 N–H and O–H groups in total. The average Bonchev–Trinajstić information content (AvgIpc) is 2.94. The molecule has 1 aliphatic rings. The zero-order valence-electron chi connectivity index (χ0n) is 9.58. The Bertz CT molecular complexity index is 484. The van der Waals surface area contributed by atoms with Gasteiger partial charge in [0.1, 0.15) is 12.7 Å². The van der Waals surface area contributed by atoms with Gasteiger partial charge in [-0.1, -0.05) is 6.07 Å². The minimum atomic E-state index is 0.308. The first kappa shape index (κ1) is 10.4. The van der Waals surface area contributed by atoms with Crippen LogP contribution in [0.5, 0.6) is 0 Å². The maximum Gasteiger partial charge on any atom is 0.155 e. The summed E-state index contributed by atoms with van der Waals surface area (Å²) in [6, 6.07) is 4.12. The van der Waals surface area contributed by atoms with Crippen LogP contribution in [0.3, 0.4) is 0 Å². The quantitative estimate of drug-likeness (QED) is 0.850. The summed E-state index contributed by atoms with van der Waals surface area (Å²) in [5.74, 6) is 0.801. The second kappa shape index (κ2) is 3.92. The monoisotopic (exact) mass is 229 g/mol. The molecule has 5 heteroatoms. The number of pyridine rings is 1. The number of hydrogen-bond acceptors (Lipinski definition) is 4. The number of aromatic nitrogens is 4. The van der Waals surface area contributed by atoms with E-state index in [2.05, 4.69) is 21.1 Å². The fraction of sp³-hybridized carbons (Fsp3) is 0.417. The molecule has 0 radical (unpaired) electrons. The van der Waals surface area contributed by atoms with Crippen molar-refractivity contribution in [1.82, 2.24) is 19.7 Å². The molecule has 5 nitrogen and oxygen atoms in total. The van der Waals surface area contributed by atoms with Gasteiger partial charge in [-0.2, -0.15) is 5.10 Å². The van der Waals surface area contributed by atoms with E-state index in [0.29, 0.717) is 5.41 Å². The van der Waals surface area contributed by atoms with Crippen LogP contribution in [0.4, 0.5) is 0 Å². The normalized spacial score (nSPS) is 17.0. The van der Waals surface area contributed by atoms with E-state index in [0.717, 1.165) is 18.8 Å². The molecule has 17 heavy (non-hydrogen) atoms. The first-order valence-corrected chi connectivity index (χ1v) is 5.86. The smallest absolute Gasteiger partial charge is 0.155 e. The summed E-state index contributed by atoms with van der Waals surface area (Å²) < 4.78 is 1.66. The van der Waals surface area contributed by atoms with Gasteiger partial charge in [0.05, 0.1) is 0 Å². The van der Waals surface area contributed by atoms with Crippen LogP contribution in [-0.2, 0) is 5.41 Å². The van der Waals surface area contributed by atoms with Crippen LogP contribution in [0.25, 0.3) is 5.82 Å². The van der Waals surface area contributed by atoms with E-state index >= 15 is 0 Å². The Morgan fingerprint density at radius 2 is 2.24 bits per heavy atom. The summed E-state index contributed by atoms with van der Waals surface area (Å²) >= 11 is 0. The Kier molecular flexibility index (Phi) is 2.40.